The number of nitrogen functional groups attached to an aromatic ring is 2. The maximum absolute atomic E-state index is 13.5. The number of nitrogens with zero attached hydrogens (tertiary/aromatic N) is 6. The molecule has 5 aromatic rings. The van der Waals surface area contributed by atoms with Crippen molar-refractivity contribution in [1.82, 2.24) is 56.8 Å². The number of aryl methyl sites for hydroxylation is 2. The van der Waals surface area contributed by atoms with Crippen LogP contribution in [-0.4, -0.2) is 119 Å². The molecule has 23 nitrogen and oxygen atoms in total. The number of carbonyl (C=O) groups is 8. The van der Waals surface area contributed by atoms with Crippen LogP contribution in [0.15, 0.2) is 66.7 Å². The number of hydrogen-bond donors (Lipinski definition) is 9. The van der Waals surface area contributed by atoms with Crippen molar-refractivity contribution in [3.63, 3.8) is 0 Å². The molecule has 1 aliphatic heterocycles. The molecule has 0 aliphatic carbocycles. The van der Waals surface area contributed by atoms with E-state index in [0.717, 1.165) is 16.0 Å². The SMILES string of the molecule is CC(C)[C@H](NC(=O)CCCCCN1C(=O)C=CC1=O)C(=O)N[C@@H](C)C(=O)Nc1ccc(C(=O)NCCC[C@H](NC(=O)c2ccc(CCc3ccc4nc(N)nc(N)c4c3Cl)cc2)C(=O)O)c(-c2nnn[nH]2)c1. The number of aromatic nitrogens is 6. The highest BCUT2D eigenvalue weighted by molar-refractivity contribution is 6.37. The highest BCUT2D eigenvalue weighted by Crippen LogP contribution is 2.31. The number of halogens is 1. The van der Waals surface area contributed by atoms with Gasteiger partial charge in [0.25, 0.3) is 23.6 Å². The molecule has 3 aromatic carbocycles. The number of rotatable bonds is 24. The van der Waals surface area contributed by atoms with E-state index in [2.05, 4.69) is 57.2 Å². The number of amides is 7. The van der Waals surface area contributed by atoms with Gasteiger partial charge < -0.3 is 43.2 Å². The molecule has 0 radical (unpaired) electrons. The van der Waals surface area contributed by atoms with Crippen LogP contribution in [0.3, 0.4) is 0 Å². The lowest BCUT2D eigenvalue weighted by Crippen LogP contribution is -2.53. The summed E-state index contributed by atoms with van der Waals surface area (Å²) in [7, 11) is 0. The van der Waals surface area contributed by atoms with Gasteiger partial charge in [0.2, 0.25) is 23.7 Å². The third kappa shape index (κ3) is 13.9. The summed E-state index contributed by atoms with van der Waals surface area (Å²) in [5.74, 6) is -4.65. The first-order valence-electron chi connectivity index (χ1n) is 23.1. The summed E-state index contributed by atoms with van der Waals surface area (Å²) in [6.07, 6.45) is 5.43. The van der Waals surface area contributed by atoms with Crippen molar-refractivity contribution in [1.29, 1.82) is 0 Å². The summed E-state index contributed by atoms with van der Waals surface area (Å²) in [5, 5.41) is 37.9. The highest BCUT2D eigenvalue weighted by Gasteiger charge is 2.28. The standard InChI is InChI=1S/C48H55ClN14O9/c1-25(2)40(57-35(64)9-5-4-6-23-63-36(65)20-21-37(63)66)46(70)53-26(3)43(67)54-30-17-18-31(32(24-30)42-59-61-62-60-42)45(69)52-22-7-8-34(47(71)72)55-44(68)29-14-11-27(12-15-29)10-13-28-16-19-33-38(39(28)49)41(50)58-48(51)56-33/h11-12,14-21,24-26,34,40H,4-10,13,22-23H2,1-3H3,(H,52,69)(H,53,70)(H,54,67)(H,55,68)(H,57,64)(H,71,72)(H4,50,51,56,58)(H,59,60,61,62)/t26-,34-,40-/m0/s1. The van der Waals surface area contributed by atoms with Crippen LogP contribution >= 0.6 is 11.6 Å². The second-order valence-corrected chi connectivity index (χ2v) is 17.7. The first kappa shape index (κ1) is 53.0. The molecule has 0 saturated carbocycles. The molecule has 0 fully saturated rings. The van der Waals surface area contributed by atoms with Crippen molar-refractivity contribution in [2.75, 3.05) is 29.9 Å². The maximum Gasteiger partial charge on any atom is 0.326 e. The van der Waals surface area contributed by atoms with Gasteiger partial charge in [0.1, 0.15) is 23.9 Å². The second kappa shape index (κ2) is 24.5. The molecule has 378 valence electrons. The molecule has 6 rings (SSSR count). The number of anilines is 3. The number of nitrogens with two attached hydrogens (primary N) is 2. The van der Waals surface area contributed by atoms with Gasteiger partial charge in [0.05, 0.1) is 21.5 Å². The van der Waals surface area contributed by atoms with E-state index in [1.165, 1.54) is 37.3 Å². The zero-order valence-electron chi connectivity index (χ0n) is 39.7. The fourth-order valence-electron chi connectivity index (χ4n) is 7.74. The number of nitrogens with one attached hydrogen (secondary N) is 6. The zero-order valence-corrected chi connectivity index (χ0v) is 40.4. The third-order valence-electron chi connectivity index (χ3n) is 11.7. The molecule has 0 unspecified atom stereocenters. The minimum absolute atomic E-state index is 0.00985. The summed E-state index contributed by atoms with van der Waals surface area (Å²) >= 11 is 6.64. The number of unbranched alkanes of at least 4 members (excludes halogenated alkanes) is 2. The van der Waals surface area contributed by atoms with Crippen molar-refractivity contribution < 1.29 is 43.5 Å². The number of aliphatic carboxylic acids is 1. The van der Waals surface area contributed by atoms with Crippen molar-refractivity contribution in [2.24, 2.45) is 5.92 Å². The van der Waals surface area contributed by atoms with Crippen LogP contribution in [0.2, 0.25) is 5.02 Å². The lowest BCUT2D eigenvalue weighted by molar-refractivity contribution is -0.139. The van der Waals surface area contributed by atoms with E-state index in [0.29, 0.717) is 48.0 Å². The first-order valence-corrected chi connectivity index (χ1v) is 23.5. The van der Waals surface area contributed by atoms with Gasteiger partial charge in [-0.1, -0.05) is 50.1 Å². The highest BCUT2D eigenvalue weighted by atomic mass is 35.5. The van der Waals surface area contributed by atoms with Crippen LogP contribution in [0, 0.1) is 5.92 Å². The van der Waals surface area contributed by atoms with Gasteiger partial charge in [0, 0.05) is 48.5 Å². The number of carbonyl (C=O) groups excluding carboxylic acids is 7. The molecule has 24 heteroatoms. The minimum Gasteiger partial charge on any atom is -0.480 e. The molecule has 0 saturated heterocycles. The van der Waals surface area contributed by atoms with Crippen LogP contribution in [-0.2, 0) is 41.6 Å². The first-order chi connectivity index (χ1) is 34.4. The van der Waals surface area contributed by atoms with E-state index in [1.54, 1.807) is 44.2 Å². The topological polar surface area (TPSA) is 352 Å². The number of H-pyrrole nitrogens is 1. The Hall–Kier alpha value is -8.34. The van der Waals surface area contributed by atoms with Crippen molar-refractivity contribution >= 4 is 87.3 Å². The smallest absolute Gasteiger partial charge is 0.326 e. The average molecular weight is 1010 g/mol. The number of carboxylic acid groups (broad SMARTS) is 1. The molecule has 0 spiro atoms. The Morgan fingerprint density at radius 3 is 2.24 bits per heavy atom. The minimum atomic E-state index is -1.26. The summed E-state index contributed by atoms with van der Waals surface area (Å²) in [4.78, 5) is 111. The lowest BCUT2D eigenvalue weighted by atomic mass is 10.0. The van der Waals surface area contributed by atoms with Crippen molar-refractivity contribution in [3.8, 4) is 11.4 Å². The van der Waals surface area contributed by atoms with Gasteiger partial charge in [-0.2, -0.15) is 4.98 Å². The molecule has 11 N–H and O–H groups in total. The van der Waals surface area contributed by atoms with Crippen molar-refractivity contribution in [2.45, 2.75) is 90.3 Å². The Morgan fingerprint density at radius 2 is 1.56 bits per heavy atom. The van der Waals surface area contributed by atoms with E-state index in [9.17, 15) is 43.5 Å². The predicted octanol–water partition coefficient (Wildman–Crippen LogP) is 2.88. The van der Waals surface area contributed by atoms with E-state index >= 15 is 0 Å². The molecule has 0 bridgehead atoms. The Labute approximate surface area is 417 Å². The zero-order chi connectivity index (χ0) is 52.1. The number of aromatic amines is 1. The lowest BCUT2D eigenvalue weighted by Gasteiger charge is -2.24. The van der Waals surface area contributed by atoms with Crippen molar-refractivity contribution in [3.05, 3.63) is 94.0 Å². The maximum atomic E-state index is 13.5. The van der Waals surface area contributed by atoms with Gasteiger partial charge in [-0.3, -0.25) is 38.5 Å². The van der Waals surface area contributed by atoms with Crippen LogP contribution < -0.4 is 38.1 Å². The van der Waals surface area contributed by atoms with Gasteiger partial charge in [-0.05, 0) is 109 Å². The third-order valence-corrected chi connectivity index (χ3v) is 12.2. The Balaban J connectivity index is 0.958. The number of imide groups is 1. The molecular weight excluding hydrogens is 952 g/mol. The Bertz CT molecular complexity index is 2860. The molecule has 3 heterocycles. The largest absolute Gasteiger partial charge is 0.480 e. The summed E-state index contributed by atoms with van der Waals surface area (Å²) in [6, 6.07) is 11.5. The molecule has 1 aliphatic rings. The summed E-state index contributed by atoms with van der Waals surface area (Å²) in [5.41, 5.74) is 14.8. The number of carboxylic acids is 1. The van der Waals surface area contributed by atoms with Gasteiger partial charge in [-0.25, -0.2) is 14.9 Å². The molecule has 72 heavy (non-hydrogen) atoms. The fourth-order valence-corrected chi connectivity index (χ4v) is 8.09. The molecule has 3 atom stereocenters. The Morgan fingerprint density at radius 1 is 0.819 bits per heavy atom. The summed E-state index contributed by atoms with van der Waals surface area (Å²) < 4.78 is 0. The van der Waals surface area contributed by atoms with Crippen LogP contribution in [0.5, 0.6) is 0 Å². The Kier molecular flexibility index (Phi) is 18.0. The van der Waals surface area contributed by atoms with Gasteiger partial charge in [0.15, 0.2) is 5.82 Å². The molecule has 7 amide bonds. The van der Waals surface area contributed by atoms with Crippen LogP contribution in [0.1, 0.15) is 91.1 Å². The van der Waals surface area contributed by atoms with Gasteiger partial charge in [-0.15, -0.1) is 5.10 Å². The molecular formula is C48H55ClN14O9. The van der Waals surface area contributed by atoms with Gasteiger partial charge >= 0.3 is 5.97 Å². The normalized spacial score (nSPS) is 13.4. The number of fused-ring (bicyclic) bond motifs is 1. The quantitative estimate of drug-likeness (QED) is 0.0317. The van der Waals surface area contributed by atoms with Crippen LogP contribution in [0.4, 0.5) is 17.5 Å². The van der Waals surface area contributed by atoms with E-state index in [1.807, 2.05) is 6.07 Å². The number of hydrogen-bond acceptors (Lipinski definition) is 15. The van der Waals surface area contributed by atoms with E-state index in [-0.39, 0.29) is 96.0 Å². The number of benzene rings is 3. The van der Waals surface area contributed by atoms with E-state index in [4.69, 9.17) is 23.1 Å². The number of tetrazole rings is 1. The monoisotopic (exact) mass is 1010 g/mol. The van der Waals surface area contributed by atoms with Crippen LogP contribution in [0.25, 0.3) is 22.3 Å². The fraction of sp³-hybridized carbons (Fsp3) is 0.354. The van der Waals surface area contributed by atoms with E-state index < -0.39 is 47.7 Å². The second-order valence-electron chi connectivity index (χ2n) is 17.4. The average Bonchev–Trinajstić information content (AvgIpc) is 4.00. The predicted molar refractivity (Wildman–Crippen MR) is 265 cm³/mol. The molecule has 2 aromatic heterocycles. The summed E-state index contributed by atoms with van der Waals surface area (Å²) in [6.45, 7) is 5.26.